The minimum Gasteiger partial charge on any atom is -0.381 e. The molecule has 7 heteroatoms. The van der Waals surface area contributed by atoms with Crippen LogP contribution >= 0.6 is 11.6 Å². The smallest absolute Gasteiger partial charge is 0.193 e. The van der Waals surface area contributed by atoms with Crippen molar-refractivity contribution in [3.63, 3.8) is 0 Å². The highest BCUT2D eigenvalue weighted by Gasteiger charge is 2.20. The van der Waals surface area contributed by atoms with Crippen LogP contribution in [0.5, 0.6) is 0 Å². The van der Waals surface area contributed by atoms with E-state index in [2.05, 4.69) is 26.2 Å². The fourth-order valence-electron chi connectivity index (χ4n) is 3.72. The van der Waals surface area contributed by atoms with E-state index in [0.29, 0.717) is 5.92 Å². The summed E-state index contributed by atoms with van der Waals surface area (Å²) in [6.45, 7) is 8.15. The van der Waals surface area contributed by atoms with Crippen molar-refractivity contribution in [2.24, 2.45) is 10.9 Å². The van der Waals surface area contributed by atoms with Crippen LogP contribution in [0, 0.1) is 5.92 Å². The first kappa shape index (κ1) is 21.2. The lowest BCUT2D eigenvalue weighted by Gasteiger charge is -2.37. The average molecular weight is 409 g/mol. The molecule has 2 heterocycles. The van der Waals surface area contributed by atoms with Gasteiger partial charge in [-0.25, -0.2) is 0 Å². The lowest BCUT2D eigenvalue weighted by molar-refractivity contribution is 0.0203. The van der Waals surface area contributed by atoms with E-state index < -0.39 is 0 Å². The van der Waals surface area contributed by atoms with Crippen molar-refractivity contribution in [2.45, 2.75) is 19.3 Å². The predicted octanol–water partition coefficient (Wildman–Crippen LogP) is 2.87. The van der Waals surface area contributed by atoms with Gasteiger partial charge in [-0.15, -0.1) is 0 Å². The number of rotatable bonds is 7. The zero-order valence-corrected chi connectivity index (χ0v) is 17.7. The number of hydrogen-bond donors (Lipinski definition) is 1. The first-order valence-corrected chi connectivity index (χ1v) is 10.8. The summed E-state index contributed by atoms with van der Waals surface area (Å²) in [4.78, 5) is 9.15. The highest BCUT2D eigenvalue weighted by atomic mass is 35.5. The van der Waals surface area contributed by atoms with Crippen molar-refractivity contribution in [3.05, 3.63) is 29.3 Å². The highest BCUT2D eigenvalue weighted by molar-refractivity contribution is 6.30. The van der Waals surface area contributed by atoms with Crippen LogP contribution < -0.4 is 10.2 Å². The number of aliphatic imine (C=N–C) groups is 1. The number of ether oxygens (including phenoxy) is 2. The van der Waals surface area contributed by atoms with Gasteiger partial charge in [0.05, 0.1) is 0 Å². The van der Waals surface area contributed by atoms with Gasteiger partial charge in [0.1, 0.15) is 0 Å². The molecule has 1 aromatic carbocycles. The molecule has 2 saturated heterocycles. The summed E-state index contributed by atoms with van der Waals surface area (Å²) in [5.41, 5.74) is 1.19. The molecule has 0 atom stereocenters. The Balaban J connectivity index is 1.31. The van der Waals surface area contributed by atoms with E-state index in [1.165, 1.54) is 5.69 Å². The summed E-state index contributed by atoms with van der Waals surface area (Å²) in [7, 11) is 1.85. The molecule has 0 saturated carbocycles. The molecule has 156 valence electrons. The van der Waals surface area contributed by atoms with E-state index in [9.17, 15) is 0 Å². The molecule has 0 aliphatic carbocycles. The third-order valence-corrected chi connectivity index (χ3v) is 5.64. The lowest BCUT2D eigenvalue weighted by atomic mass is 10.0. The number of hydrogen-bond acceptors (Lipinski definition) is 4. The van der Waals surface area contributed by atoms with E-state index in [1.807, 2.05) is 25.2 Å². The second kappa shape index (κ2) is 11.5. The van der Waals surface area contributed by atoms with Gasteiger partial charge in [-0.3, -0.25) is 4.99 Å². The number of benzene rings is 1. The van der Waals surface area contributed by atoms with Crippen LogP contribution in [0.4, 0.5) is 5.69 Å². The van der Waals surface area contributed by atoms with Gasteiger partial charge in [-0.1, -0.05) is 17.7 Å². The van der Waals surface area contributed by atoms with Crippen LogP contribution in [0.2, 0.25) is 5.02 Å². The maximum Gasteiger partial charge on any atom is 0.193 e. The molecule has 6 nitrogen and oxygen atoms in total. The van der Waals surface area contributed by atoms with Crippen molar-refractivity contribution < 1.29 is 9.47 Å². The Morgan fingerprint density at radius 1 is 1.25 bits per heavy atom. The molecule has 0 amide bonds. The monoisotopic (exact) mass is 408 g/mol. The molecular weight excluding hydrogens is 376 g/mol. The van der Waals surface area contributed by atoms with Crippen molar-refractivity contribution in [2.75, 3.05) is 71.1 Å². The van der Waals surface area contributed by atoms with Crippen molar-refractivity contribution in [3.8, 4) is 0 Å². The van der Waals surface area contributed by atoms with E-state index in [-0.39, 0.29) is 0 Å². The Morgan fingerprint density at radius 2 is 2.04 bits per heavy atom. The maximum absolute atomic E-state index is 6.12. The molecule has 0 unspecified atom stereocenters. The first-order chi connectivity index (χ1) is 13.8. The summed E-state index contributed by atoms with van der Waals surface area (Å²) in [6, 6.07) is 8.08. The summed E-state index contributed by atoms with van der Waals surface area (Å²) in [6.07, 6.45) is 3.25. The van der Waals surface area contributed by atoms with E-state index in [1.54, 1.807) is 0 Å². The number of anilines is 1. The minimum atomic E-state index is 0.672. The predicted molar refractivity (Wildman–Crippen MR) is 116 cm³/mol. The van der Waals surface area contributed by atoms with Gasteiger partial charge >= 0.3 is 0 Å². The van der Waals surface area contributed by atoms with E-state index in [0.717, 1.165) is 89.4 Å². The van der Waals surface area contributed by atoms with Crippen LogP contribution in [0.15, 0.2) is 29.3 Å². The molecule has 1 aromatic rings. The van der Waals surface area contributed by atoms with Crippen molar-refractivity contribution in [1.29, 1.82) is 0 Å². The molecule has 0 spiro atoms. The van der Waals surface area contributed by atoms with Gasteiger partial charge in [0.25, 0.3) is 0 Å². The second-order valence-electron chi connectivity index (χ2n) is 7.41. The zero-order valence-electron chi connectivity index (χ0n) is 16.9. The van der Waals surface area contributed by atoms with Crippen LogP contribution in [0.3, 0.4) is 0 Å². The minimum absolute atomic E-state index is 0.672. The van der Waals surface area contributed by atoms with Crippen molar-refractivity contribution >= 4 is 23.2 Å². The molecule has 3 rings (SSSR count). The topological polar surface area (TPSA) is 49.3 Å². The number of nitrogens with zero attached hydrogens (tertiary/aromatic N) is 3. The molecule has 2 aliphatic heterocycles. The number of guanidine groups is 1. The molecule has 2 fully saturated rings. The fourth-order valence-corrected chi connectivity index (χ4v) is 3.90. The Hall–Kier alpha value is -1.50. The highest BCUT2D eigenvalue weighted by Crippen LogP contribution is 2.20. The molecule has 1 N–H and O–H groups in total. The van der Waals surface area contributed by atoms with Gasteiger partial charge in [0, 0.05) is 76.9 Å². The van der Waals surface area contributed by atoms with Gasteiger partial charge in [0.2, 0.25) is 0 Å². The lowest BCUT2D eigenvalue weighted by Crippen LogP contribution is -2.52. The van der Waals surface area contributed by atoms with Gasteiger partial charge < -0.3 is 24.6 Å². The third kappa shape index (κ3) is 6.54. The summed E-state index contributed by atoms with van der Waals surface area (Å²) >= 11 is 6.12. The van der Waals surface area contributed by atoms with E-state index >= 15 is 0 Å². The number of nitrogens with one attached hydrogen (secondary N) is 1. The van der Waals surface area contributed by atoms with Gasteiger partial charge in [-0.05, 0) is 43.4 Å². The molecule has 0 aromatic heterocycles. The molecule has 0 radical (unpaired) electrons. The van der Waals surface area contributed by atoms with Gasteiger partial charge in [0.15, 0.2) is 5.96 Å². The van der Waals surface area contributed by atoms with Gasteiger partial charge in [-0.2, -0.15) is 0 Å². The van der Waals surface area contributed by atoms with E-state index in [4.69, 9.17) is 21.1 Å². The zero-order chi connectivity index (χ0) is 19.6. The Bertz CT molecular complexity index is 614. The van der Waals surface area contributed by atoms with Crippen LogP contribution in [0.1, 0.15) is 19.3 Å². The van der Waals surface area contributed by atoms with Crippen molar-refractivity contribution in [1.82, 2.24) is 10.2 Å². The summed E-state index contributed by atoms with van der Waals surface area (Å²) in [5.74, 6) is 1.65. The maximum atomic E-state index is 6.12. The first-order valence-electron chi connectivity index (χ1n) is 10.4. The number of halogens is 1. The molecule has 0 bridgehead atoms. The quantitative estimate of drug-likeness (QED) is 0.427. The summed E-state index contributed by atoms with van der Waals surface area (Å²) in [5, 5.41) is 4.27. The molecule has 2 aliphatic rings. The normalized spacial score (nSPS) is 19.1. The molecular formula is C21H33ClN4O2. The summed E-state index contributed by atoms with van der Waals surface area (Å²) < 4.78 is 11.2. The van der Waals surface area contributed by atoms with Crippen LogP contribution in [-0.4, -0.2) is 77.1 Å². The molecule has 28 heavy (non-hydrogen) atoms. The third-order valence-electron chi connectivity index (χ3n) is 5.41. The Morgan fingerprint density at radius 3 is 2.75 bits per heavy atom. The SMILES string of the molecule is CN=C(NCCCOCC1CCOCC1)N1CCN(c2cccc(Cl)c2)CC1. The standard InChI is InChI=1S/C21H33ClN4O2/c1-23-21(24-8-3-13-28-17-18-6-14-27-15-7-18)26-11-9-25(10-12-26)20-5-2-4-19(22)16-20/h2,4-5,16,18H,3,6-15,17H2,1H3,(H,23,24). The Kier molecular flexibility index (Phi) is 8.70. The van der Waals surface area contributed by atoms with Crippen LogP contribution in [-0.2, 0) is 9.47 Å². The fraction of sp³-hybridized carbons (Fsp3) is 0.667. The average Bonchev–Trinajstić information content (AvgIpc) is 2.74. The van der Waals surface area contributed by atoms with Crippen LogP contribution in [0.25, 0.3) is 0 Å². The Labute approximate surface area is 173 Å². The number of piperazine rings is 1. The largest absolute Gasteiger partial charge is 0.381 e. The second-order valence-corrected chi connectivity index (χ2v) is 7.85.